The van der Waals surface area contributed by atoms with Crippen molar-refractivity contribution in [2.75, 3.05) is 38.1 Å². The Labute approximate surface area is 145 Å². The summed E-state index contributed by atoms with van der Waals surface area (Å²) < 4.78 is 26.6. The summed E-state index contributed by atoms with van der Waals surface area (Å²) in [5.74, 6) is 1.93. The molecule has 1 aliphatic rings. The quantitative estimate of drug-likeness (QED) is 0.671. The maximum Gasteiger partial charge on any atom is 0.319 e. The van der Waals surface area contributed by atoms with Gasteiger partial charge >= 0.3 is 6.55 Å². The van der Waals surface area contributed by atoms with Gasteiger partial charge in [-0.05, 0) is 12.1 Å². The smallest absolute Gasteiger partial charge is 0.319 e. The monoisotopic (exact) mass is 349 g/mol. The number of aliphatic imine (C=N–C) groups is 1. The van der Waals surface area contributed by atoms with E-state index in [-0.39, 0.29) is 12.4 Å². The molecule has 0 saturated carbocycles. The summed E-state index contributed by atoms with van der Waals surface area (Å²) >= 11 is 0. The molecule has 1 saturated heterocycles. The second-order valence-corrected chi connectivity index (χ2v) is 5.59. The van der Waals surface area contributed by atoms with E-state index in [2.05, 4.69) is 30.1 Å². The molecule has 1 N–H and O–H groups in total. The van der Waals surface area contributed by atoms with Gasteiger partial charge in [0.2, 0.25) is 0 Å². The minimum absolute atomic E-state index is 0.199. The molecule has 3 heterocycles. The number of aromatic nitrogens is 3. The number of piperazine rings is 1. The van der Waals surface area contributed by atoms with Gasteiger partial charge in [0.05, 0.1) is 6.54 Å². The topological polar surface area (TPSA) is 61.6 Å². The Morgan fingerprint density at radius 3 is 2.64 bits per heavy atom. The zero-order chi connectivity index (χ0) is 17.6. The molecule has 7 nitrogen and oxygen atoms in total. The van der Waals surface area contributed by atoms with Crippen LogP contribution in [0.5, 0.6) is 0 Å². The Kier molecular flexibility index (Phi) is 5.42. The number of pyridine rings is 1. The van der Waals surface area contributed by atoms with Crippen molar-refractivity contribution in [2.24, 2.45) is 4.99 Å². The van der Waals surface area contributed by atoms with Gasteiger partial charge in [-0.25, -0.2) is 9.97 Å². The third-order valence-corrected chi connectivity index (χ3v) is 4.13. The number of anilines is 1. The Hall–Kier alpha value is -2.71. The Balaban J connectivity index is 1.55. The van der Waals surface area contributed by atoms with E-state index < -0.39 is 6.55 Å². The van der Waals surface area contributed by atoms with Crippen molar-refractivity contribution in [2.45, 2.75) is 13.1 Å². The molecule has 9 heteroatoms. The third-order valence-electron chi connectivity index (χ3n) is 4.13. The Morgan fingerprint density at radius 2 is 2.00 bits per heavy atom. The highest BCUT2D eigenvalue weighted by atomic mass is 19.3. The lowest BCUT2D eigenvalue weighted by atomic mass is 10.3. The highest BCUT2D eigenvalue weighted by Crippen LogP contribution is 2.14. The van der Waals surface area contributed by atoms with Gasteiger partial charge in [-0.1, -0.05) is 6.07 Å². The van der Waals surface area contributed by atoms with Crippen molar-refractivity contribution in [1.82, 2.24) is 24.8 Å². The number of alkyl halides is 2. The molecule has 0 bridgehead atoms. The average molecular weight is 349 g/mol. The summed E-state index contributed by atoms with van der Waals surface area (Å²) in [4.78, 5) is 16.9. The first-order valence-corrected chi connectivity index (χ1v) is 8.10. The molecular weight excluding hydrogens is 328 g/mol. The van der Waals surface area contributed by atoms with Crippen LogP contribution in [0.15, 0.2) is 41.8 Å². The third kappa shape index (κ3) is 4.04. The van der Waals surface area contributed by atoms with Crippen LogP contribution in [-0.4, -0.2) is 58.6 Å². The van der Waals surface area contributed by atoms with E-state index in [0.717, 1.165) is 36.6 Å². The van der Waals surface area contributed by atoms with Crippen LogP contribution in [0.1, 0.15) is 12.4 Å². The average Bonchev–Trinajstić information content (AvgIpc) is 3.12. The highest BCUT2D eigenvalue weighted by Gasteiger charge is 2.21. The fourth-order valence-electron chi connectivity index (χ4n) is 2.84. The van der Waals surface area contributed by atoms with E-state index in [9.17, 15) is 8.78 Å². The zero-order valence-electron chi connectivity index (χ0n) is 14.0. The van der Waals surface area contributed by atoms with Crippen molar-refractivity contribution in [3.63, 3.8) is 0 Å². The van der Waals surface area contributed by atoms with Crippen LogP contribution in [0.25, 0.3) is 0 Å². The number of nitrogens with zero attached hydrogens (tertiary/aromatic N) is 6. The molecule has 0 spiro atoms. The number of rotatable bonds is 4. The summed E-state index contributed by atoms with van der Waals surface area (Å²) in [6.45, 7) is 0.805. The second-order valence-electron chi connectivity index (χ2n) is 5.59. The summed E-state index contributed by atoms with van der Waals surface area (Å²) in [6.07, 6.45) is 4.43. The standard InChI is InChI=1S/C16H21F2N7/c1-19-16(22-12-14-21-6-7-25(14)15(17)18)24-10-8-23(9-11-24)13-4-2-3-5-20-13/h2-7,15H,8-12H2,1H3,(H,19,22). The minimum atomic E-state index is -2.59. The van der Waals surface area contributed by atoms with Crippen molar-refractivity contribution in [3.05, 3.63) is 42.6 Å². The Bertz CT molecular complexity index is 694. The lowest BCUT2D eigenvalue weighted by molar-refractivity contribution is 0.0668. The van der Waals surface area contributed by atoms with E-state index >= 15 is 0 Å². The minimum Gasteiger partial charge on any atom is -0.353 e. The van der Waals surface area contributed by atoms with Crippen LogP contribution in [0.2, 0.25) is 0 Å². The predicted octanol–water partition coefficient (Wildman–Crippen LogP) is 1.57. The normalized spacial score (nSPS) is 15.8. The van der Waals surface area contributed by atoms with Gasteiger partial charge in [0.15, 0.2) is 5.96 Å². The Morgan fingerprint density at radius 1 is 1.20 bits per heavy atom. The van der Waals surface area contributed by atoms with Gasteiger partial charge < -0.3 is 15.1 Å². The number of halogens is 2. The molecule has 1 fully saturated rings. The number of nitrogens with one attached hydrogen (secondary N) is 1. The number of hydrogen-bond donors (Lipinski definition) is 1. The molecule has 0 aromatic carbocycles. The van der Waals surface area contributed by atoms with Crippen LogP contribution in [0, 0.1) is 0 Å². The molecule has 0 amide bonds. The lowest BCUT2D eigenvalue weighted by Gasteiger charge is -2.37. The van der Waals surface area contributed by atoms with E-state index in [1.807, 2.05) is 18.2 Å². The molecule has 134 valence electrons. The van der Waals surface area contributed by atoms with Crippen LogP contribution >= 0.6 is 0 Å². The summed E-state index contributed by atoms with van der Waals surface area (Å²) in [6, 6.07) is 5.86. The summed E-state index contributed by atoms with van der Waals surface area (Å²) in [5.41, 5.74) is 0. The fourth-order valence-corrected chi connectivity index (χ4v) is 2.84. The molecule has 2 aromatic heterocycles. The maximum atomic E-state index is 12.9. The van der Waals surface area contributed by atoms with Crippen molar-refractivity contribution < 1.29 is 8.78 Å². The van der Waals surface area contributed by atoms with Gasteiger partial charge in [-0.3, -0.25) is 9.56 Å². The zero-order valence-corrected chi connectivity index (χ0v) is 14.0. The fraction of sp³-hybridized carbons (Fsp3) is 0.438. The van der Waals surface area contributed by atoms with Crippen molar-refractivity contribution >= 4 is 11.8 Å². The van der Waals surface area contributed by atoms with Gasteiger partial charge in [0.25, 0.3) is 0 Å². The summed E-state index contributed by atoms with van der Waals surface area (Å²) in [5, 5.41) is 3.12. The van der Waals surface area contributed by atoms with Gasteiger partial charge in [-0.2, -0.15) is 8.78 Å². The van der Waals surface area contributed by atoms with Crippen LogP contribution in [0.4, 0.5) is 14.6 Å². The molecule has 3 rings (SSSR count). The molecule has 0 unspecified atom stereocenters. The number of hydrogen-bond acceptors (Lipinski definition) is 4. The first-order chi connectivity index (χ1) is 12.2. The number of imidazole rings is 1. The van der Waals surface area contributed by atoms with Gasteiger partial charge in [0.1, 0.15) is 11.6 Å². The van der Waals surface area contributed by atoms with E-state index in [1.54, 1.807) is 13.2 Å². The summed E-state index contributed by atoms with van der Waals surface area (Å²) in [7, 11) is 1.69. The van der Waals surface area contributed by atoms with E-state index in [4.69, 9.17) is 0 Å². The molecule has 0 aliphatic carbocycles. The van der Waals surface area contributed by atoms with E-state index in [1.165, 1.54) is 12.4 Å². The molecule has 2 aromatic rings. The highest BCUT2D eigenvalue weighted by molar-refractivity contribution is 5.80. The van der Waals surface area contributed by atoms with Crippen LogP contribution < -0.4 is 10.2 Å². The molecule has 0 radical (unpaired) electrons. The first-order valence-electron chi connectivity index (χ1n) is 8.10. The largest absolute Gasteiger partial charge is 0.353 e. The van der Waals surface area contributed by atoms with Crippen molar-refractivity contribution in [1.29, 1.82) is 0 Å². The lowest BCUT2D eigenvalue weighted by Crippen LogP contribution is -2.52. The van der Waals surface area contributed by atoms with Crippen LogP contribution in [0.3, 0.4) is 0 Å². The molecule has 0 atom stereocenters. The first kappa shape index (κ1) is 17.1. The number of guanidine groups is 1. The molecular formula is C16H21F2N7. The van der Waals surface area contributed by atoms with E-state index in [0.29, 0.717) is 5.96 Å². The second kappa shape index (κ2) is 7.91. The van der Waals surface area contributed by atoms with Gasteiger partial charge in [-0.15, -0.1) is 0 Å². The van der Waals surface area contributed by atoms with Crippen LogP contribution in [-0.2, 0) is 6.54 Å². The maximum absolute atomic E-state index is 12.9. The SMILES string of the molecule is CN=C(NCc1nccn1C(F)F)N1CCN(c2ccccn2)CC1. The molecule has 1 aliphatic heterocycles. The van der Waals surface area contributed by atoms with Crippen molar-refractivity contribution in [3.8, 4) is 0 Å². The van der Waals surface area contributed by atoms with Gasteiger partial charge in [0, 0.05) is 51.8 Å². The molecule has 25 heavy (non-hydrogen) atoms. The predicted molar refractivity (Wildman–Crippen MR) is 91.7 cm³/mol.